The summed E-state index contributed by atoms with van der Waals surface area (Å²) in [6, 6.07) is 6.76. The highest BCUT2D eigenvalue weighted by atomic mass is 19.1. The van der Waals surface area contributed by atoms with Gasteiger partial charge in [-0.1, -0.05) is 38.8 Å². The number of halogens is 1. The van der Waals surface area contributed by atoms with Crippen LogP contribution in [0.15, 0.2) is 24.3 Å². The van der Waals surface area contributed by atoms with Crippen LogP contribution >= 0.6 is 0 Å². The third-order valence-corrected chi connectivity index (χ3v) is 3.26. The van der Waals surface area contributed by atoms with E-state index in [1.807, 2.05) is 12.1 Å². The third-order valence-electron chi connectivity index (χ3n) is 3.26. The van der Waals surface area contributed by atoms with E-state index >= 15 is 0 Å². The molecule has 0 saturated heterocycles. The first-order valence-electron chi connectivity index (χ1n) is 6.11. The molecule has 0 aliphatic heterocycles. The van der Waals surface area contributed by atoms with E-state index in [1.54, 1.807) is 0 Å². The maximum Gasteiger partial charge on any atom is 0.123 e. The number of benzene rings is 1. The summed E-state index contributed by atoms with van der Waals surface area (Å²) in [4.78, 5) is 0. The third kappa shape index (κ3) is 3.93. The van der Waals surface area contributed by atoms with Crippen LogP contribution in [-0.2, 0) is 6.42 Å². The smallest absolute Gasteiger partial charge is 0.123 e. The van der Waals surface area contributed by atoms with Crippen molar-refractivity contribution in [2.24, 2.45) is 17.6 Å². The first-order chi connectivity index (χ1) is 7.67. The molecule has 0 aliphatic carbocycles. The topological polar surface area (TPSA) is 26.0 Å². The molecule has 0 fully saturated rings. The van der Waals surface area contributed by atoms with Crippen molar-refractivity contribution in [3.05, 3.63) is 35.6 Å². The van der Waals surface area contributed by atoms with Crippen molar-refractivity contribution in [2.45, 2.75) is 33.1 Å². The van der Waals surface area contributed by atoms with Crippen molar-refractivity contribution in [1.82, 2.24) is 0 Å². The highest BCUT2D eigenvalue weighted by Crippen LogP contribution is 2.20. The van der Waals surface area contributed by atoms with E-state index in [0.717, 1.165) is 6.42 Å². The van der Waals surface area contributed by atoms with Gasteiger partial charge in [-0.05, 0) is 42.5 Å². The van der Waals surface area contributed by atoms with Gasteiger partial charge >= 0.3 is 0 Å². The molecule has 0 heterocycles. The van der Waals surface area contributed by atoms with Gasteiger partial charge in [-0.3, -0.25) is 0 Å². The first kappa shape index (κ1) is 13.2. The molecular weight excluding hydrogens is 201 g/mol. The molecule has 0 spiro atoms. The average Bonchev–Trinajstić information content (AvgIpc) is 2.28. The number of hydrogen-bond acceptors (Lipinski definition) is 1. The van der Waals surface area contributed by atoms with Crippen LogP contribution in [0, 0.1) is 17.7 Å². The molecule has 1 aromatic rings. The van der Waals surface area contributed by atoms with Crippen molar-refractivity contribution in [2.75, 3.05) is 6.54 Å². The first-order valence-corrected chi connectivity index (χ1v) is 6.11. The summed E-state index contributed by atoms with van der Waals surface area (Å²) >= 11 is 0. The zero-order chi connectivity index (χ0) is 12.0. The van der Waals surface area contributed by atoms with E-state index in [1.165, 1.54) is 30.5 Å². The van der Waals surface area contributed by atoms with Gasteiger partial charge in [0.1, 0.15) is 5.82 Å². The molecule has 2 heteroatoms. The lowest BCUT2D eigenvalue weighted by atomic mass is 9.85. The minimum atomic E-state index is -0.172. The standard InChI is InChI=1S/C14H22FN/c1-3-4-11(2)13(10-16)9-12-5-7-14(15)8-6-12/h5-8,11,13H,3-4,9-10,16H2,1-2H3. The number of nitrogens with two attached hydrogens (primary N) is 1. The van der Waals surface area contributed by atoms with Crippen LogP contribution in [0.2, 0.25) is 0 Å². The molecule has 0 radical (unpaired) electrons. The molecule has 2 N–H and O–H groups in total. The zero-order valence-electron chi connectivity index (χ0n) is 10.2. The van der Waals surface area contributed by atoms with Gasteiger partial charge in [0, 0.05) is 0 Å². The second kappa shape index (κ2) is 6.64. The monoisotopic (exact) mass is 223 g/mol. The van der Waals surface area contributed by atoms with E-state index < -0.39 is 0 Å². The molecule has 0 amide bonds. The predicted octanol–water partition coefficient (Wildman–Crippen LogP) is 3.38. The van der Waals surface area contributed by atoms with E-state index in [9.17, 15) is 4.39 Å². The van der Waals surface area contributed by atoms with Gasteiger partial charge in [-0.15, -0.1) is 0 Å². The maximum absolute atomic E-state index is 12.8. The van der Waals surface area contributed by atoms with Crippen LogP contribution in [0.25, 0.3) is 0 Å². The van der Waals surface area contributed by atoms with Crippen LogP contribution in [-0.4, -0.2) is 6.54 Å². The van der Waals surface area contributed by atoms with Gasteiger partial charge in [0.05, 0.1) is 0 Å². The minimum absolute atomic E-state index is 0.172. The Labute approximate surface area is 97.9 Å². The van der Waals surface area contributed by atoms with Crippen LogP contribution in [0.3, 0.4) is 0 Å². The summed E-state index contributed by atoms with van der Waals surface area (Å²) in [6.45, 7) is 5.16. The van der Waals surface area contributed by atoms with Gasteiger partial charge < -0.3 is 5.73 Å². The van der Waals surface area contributed by atoms with Crippen LogP contribution in [0.4, 0.5) is 4.39 Å². The Morgan fingerprint density at radius 2 is 1.88 bits per heavy atom. The quantitative estimate of drug-likeness (QED) is 0.786. The Morgan fingerprint density at radius 1 is 1.25 bits per heavy atom. The Kier molecular flexibility index (Phi) is 5.47. The van der Waals surface area contributed by atoms with Crippen molar-refractivity contribution in [1.29, 1.82) is 0 Å². The fourth-order valence-corrected chi connectivity index (χ4v) is 2.13. The molecule has 2 atom stereocenters. The summed E-state index contributed by atoms with van der Waals surface area (Å²) < 4.78 is 12.8. The molecule has 0 saturated carbocycles. The van der Waals surface area contributed by atoms with Gasteiger partial charge in [0.15, 0.2) is 0 Å². The summed E-state index contributed by atoms with van der Waals surface area (Å²) in [5.41, 5.74) is 6.99. The van der Waals surface area contributed by atoms with Crippen LogP contribution < -0.4 is 5.73 Å². The molecule has 1 rings (SSSR count). The Balaban J connectivity index is 2.59. The molecule has 0 aliphatic rings. The van der Waals surface area contributed by atoms with Crippen molar-refractivity contribution < 1.29 is 4.39 Å². The van der Waals surface area contributed by atoms with Crippen LogP contribution in [0.1, 0.15) is 32.3 Å². The van der Waals surface area contributed by atoms with Crippen molar-refractivity contribution >= 4 is 0 Å². The van der Waals surface area contributed by atoms with E-state index in [-0.39, 0.29) is 5.82 Å². The van der Waals surface area contributed by atoms with Crippen molar-refractivity contribution in [3.63, 3.8) is 0 Å². The molecule has 0 aromatic heterocycles. The number of hydrogen-bond donors (Lipinski definition) is 1. The summed E-state index contributed by atoms with van der Waals surface area (Å²) in [7, 11) is 0. The van der Waals surface area contributed by atoms with Gasteiger partial charge in [0.2, 0.25) is 0 Å². The normalized spacial score (nSPS) is 14.8. The molecule has 0 bridgehead atoms. The van der Waals surface area contributed by atoms with Gasteiger partial charge in [-0.2, -0.15) is 0 Å². The minimum Gasteiger partial charge on any atom is -0.330 e. The van der Waals surface area contributed by atoms with Crippen molar-refractivity contribution in [3.8, 4) is 0 Å². The lowest BCUT2D eigenvalue weighted by Crippen LogP contribution is -2.23. The molecule has 1 aromatic carbocycles. The molecular formula is C14H22FN. The summed E-state index contributed by atoms with van der Waals surface area (Å²) in [6.07, 6.45) is 3.36. The zero-order valence-corrected chi connectivity index (χ0v) is 10.2. The average molecular weight is 223 g/mol. The van der Waals surface area contributed by atoms with E-state index in [0.29, 0.717) is 18.4 Å². The fourth-order valence-electron chi connectivity index (χ4n) is 2.13. The Hall–Kier alpha value is -0.890. The molecule has 1 nitrogen and oxygen atoms in total. The fraction of sp³-hybridized carbons (Fsp3) is 0.571. The number of rotatable bonds is 6. The molecule has 90 valence electrons. The molecule has 2 unspecified atom stereocenters. The predicted molar refractivity (Wildman–Crippen MR) is 66.7 cm³/mol. The maximum atomic E-state index is 12.8. The van der Waals surface area contributed by atoms with Gasteiger partial charge in [0.25, 0.3) is 0 Å². The summed E-state index contributed by atoms with van der Waals surface area (Å²) in [5.74, 6) is 0.972. The Morgan fingerprint density at radius 3 is 2.38 bits per heavy atom. The lowest BCUT2D eigenvalue weighted by Gasteiger charge is -2.22. The Bertz CT molecular complexity index is 294. The van der Waals surface area contributed by atoms with E-state index in [2.05, 4.69) is 13.8 Å². The molecule has 16 heavy (non-hydrogen) atoms. The second-order valence-electron chi connectivity index (χ2n) is 4.59. The van der Waals surface area contributed by atoms with Gasteiger partial charge in [-0.25, -0.2) is 4.39 Å². The second-order valence-corrected chi connectivity index (χ2v) is 4.59. The highest BCUT2D eigenvalue weighted by molar-refractivity contribution is 5.16. The SMILES string of the molecule is CCCC(C)C(CN)Cc1ccc(F)cc1. The van der Waals surface area contributed by atoms with Crippen LogP contribution in [0.5, 0.6) is 0 Å². The largest absolute Gasteiger partial charge is 0.330 e. The summed E-state index contributed by atoms with van der Waals surface area (Å²) in [5, 5.41) is 0. The van der Waals surface area contributed by atoms with E-state index in [4.69, 9.17) is 5.73 Å². The highest BCUT2D eigenvalue weighted by Gasteiger charge is 2.15. The lowest BCUT2D eigenvalue weighted by molar-refractivity contribution is 0.340.